The van der Waals surface area contributed by atoms with Crippen molar-refractivity contribution >= 4 is 17.7 Å². The molecule has 0 bridgehead atoms. The van der Waals surface area contributed by atoms with E-state index in [4.69, 9.17) is 0 Å². The molecule has 0 saturated carbocycles. The topological polar surface area (TPSA) is 57.7 Å². The van der Waals surface area contributed by atoms with Gasteiger partial charge in [-0.1, -0.05) is 72.8 Å². The fourth-order valence-electron chi connectivity index (χ4n) is 3.93. The van der Waals surface area contributed by atoms with Crippen molar-refractivity contribution in [1.82, 2.24) is 9.80 Å². The van der Waals surface area contributed by atoms with E-state index in [9.17, 15) is 14.4 Å². The van der Waals surface area contributed by atoms with E-state index in [1.807, 2.05) is 67.6 Å². The van der Waals surface area contributed by atoms with Crippen LogP contribution in [0.4, 0.5) is 0 Å². The average molecular weight is 398 g/mol. The molecule has 0 fully saturated rings. The number of benzene rings is 3. The minimum absolute atomic E-state index is 0.273. The smallest absolute Gasteiger partial charge is 0.262 e. The lowest BCUT2D eigenvalue weighted by molar-refractivity contribution is -0.133. The second kappa shape index (κ2) is 8.33. The highest BCUT2D eigenvalue weighted by Crippen LogP contribution is 2.29. The van der Waals surface area contributed by atoms with Crippen molar-refractivity contribution in [3.8, 4) is 0 Å². The Balaban J connectivity index is 1.64. The maximum atomic E-state index is 13.3. The molecule has 0 aromatic heterocycles. The number of hydrogen-bond acceptors (Lipinski definition) is 3. The maximum Gasteiger partial charge on any atom is 0.262 e. The quantitative estimate of drug-likeness (QED) is 0.592. The van der Waals surface area contributed by atoms with Crippen LogP contribution >= 0.6 is 0 Å². The van der Waals surface area contributed by atoms with Gasteiger partial charge in [0.1, 0.15) is 6.54 Å². The molecule has 0 unspecified atom stereocenters. The molecular formula is C25H22N2O3. The second-order valence-electron chi connectivity index (χ2n) is 7.15. The molecule has 1 aliphatic rings. The zero-order valence-corrected chi connectivity index (χ0v) is 16.7. The lowest BCUT2D eigenvalue weighted by atomic mass is 9.97. The van der Waals surface area contributed by atoms with Gasteiger partial charge in [0.05, 0.1) is 17.2 Å². The first-order valence-corrected chi connectivity index (χ1v) is 9.96. The molecule has 0 atom stereocenters. The summed E-state index contributed by atoms with van der Waals surface area (Å²) in [5.41, 5.74) is 2.64. The molecule has 3 amide bonds. The third-order valence-electron chi connectivity index (χ3n) is 5.37. The van der Waals surface area contributed by atoms with Crippen LogP contribution in [0.15, 0.2) is 84.9 Å². The normalized spacial score (nSPS) is 12.9. The summed E-state index contributed by atoms with van der Waals surface area (Å²) in [6, 6.07) is 25.9. The Morgan fingerprint density at radius 2 is 1.20 bits per heavy atom. The van der Waals surface area contributed by atoms with Crippen LogP contribution in [0.2, 0.25) is 0 Å². The van der Waals surface area contributed by atoms with Crippen LogP contribution in [0, 0.1) is 0 Å². The Morgan fingerprint density at radius 1 is 0.767 bits per heavy atom. The minimum Gasteiger partial charge on any atom is -0.330 e. The van der Waals surface area contributed by atoms with Crippen molar-refractivity contribution in [3.63, 3.8) is 0 Å². The van der Waals surface area contributed by atoms with Gasteiger partial charge in [0, 0.05) is 6.54 Å². The van der Waals surface area contributed by atoms with Gasteiger partial charge in [-0.2, -0.15) is 0 Å². The number of likely N-dealkylation sites (N-methyl/N-ethyl adjacent to an activating group) is 1. The third-order valence-corrected chi connectivity index (χ3v) is 5.37. The monoisotopic (exact) mass is 398 g/mol. The van der Waals surface area contributed by atoms with E-state index in [-0.39, 0.29) is 18.5 Å². The lowest BCUT2D eigenvalue weighted by Crippen LogP contribution is -2.44. The molecule has 3 aromatic rings. The van der Waals surface area contributed by atoms with Gasteiger partial charge in [0.25, 0.3) is 11.8 Å². The van der Waals surface area contributed by atoms with Gasteiger partial charge in [0.15, 0.2) is 0 Å². The molecule has 30 heavy (non-hydrogen) atoms. The summed E-state index contributed by atoms with van der Waals surface area (Å²) in [7, 11) is 0. The van der Waals surface area contributed by atoms with Crippen molar-refractivity contribution in [2.45, 2.75) is 13.0 Å². The molecule has 150 valence electrons. The molecule has 3 aromatic carbocycles. The number of amides is 3. The minimum atomic E-state index is -0.420. The standard InChI is InChI=1S/C25H22N2O3/c1-2-26(23(18-11-5-3-6-12-18)19-13-7-4-8-14-19)22(28)17-27-24(29)20-15-9-10-16-21(20)25(27)30/h3-16,23H,2,17H2,1H3. The van der Waals surface area contributed by atoms with Gasteiger partial charge in [-0.25, -0.2) is 0 Å². The summed E-state index contributed by atoms with van der Waals surface area (Å²) < 4.78 is 0. The first-order valence-electron chi connectivity index (χ1n) is 9.96. The van der Waals surface area contributed by atoms with Gasteiger partial charge in [0.2, 0.25) is 5.91 Å². The number of imide groups is 1. The van der Waals surface area contributed by atoms with Crippen LogP contribution in [-0.2, 0) is 4.79 Å². The Kier molecular flexibility index (Phi) is 5.44. The Labute approximate surface area is 175 Å². The van der Waals surface area contributed by atoms with Crippen LogP contribution in [0.5, 0.6) is 0 Å². The number of fused-ring (bicyclic) bond motifs is 1. The fraction of sp³-hybridized carbons (Fsp3) is 0.160. The van der Waals surface area contributed by atoms with Crippen LogP contribution < -0.4 is 0 Å². The van der Waals surface area contributed by atoms with Crippen molar-refractivity contribution in [2.24, 2.45) is 0 Å². The molecule has 5 nitrogen and oxygen atoms in total. The largest absolute Gasteiger partial charge is 0.330 e. The molecule has 0 spiro atoms. The van der Waals surface area contributed by atoms with Gasteiger partial charge < -0.3 is 4.90 Å². The maximum absolute atomic E-state index is 13.3. The number of carbonyl (C=O) groups excluding carboxylic acids is 3. The molecule has 1 aliphatic heterocycles. The molecule has 0 radical (unpaired) electrons. The van der Waals surface area contributed by atoms with Gasteiger partial charge in [-0.3, -0.25) is 19.3 Å². The van der Waals surface area contributed by atoms with Gasteiger partial charge >= 0.3 is 0 Å². The Hall–Kier alpha value is -3.73. The van der Waals surface area contributed by atoms with E-state index in [1.165, 1.54) is 0 Å². The summed E-state index contributed by atoms with van der Waals surface area (Å²) in [5.74, 6) is -1.11. The molecular weight excluding hydrogens is 376 g/mol. The zero-order chi connectivity index (χ0) is 21.1. The fourth-order valence-corrected chi connectivity index (χ4v) is 3.93. The highest BCUT2D eigenvalue weighted by Gasteiger charge is 2.38. The number of carbonyl (C=O) groups is 3. The third kappa shape index (κ3) is 3.50. The zero-order valence-electron chi connectivity index (χ0n) is 16.7. The molecule has 0 N–H and O–H groups in total. The lowest BCUT2D eigenvalue weighted by Gasteiger charge is -2.32. The van der Waals surface area contributed by atoms with E-state index in [0.717, 1.165) is 16.0 Å². The van der Waals surface area contributed by atoms with E-state index in [0.29, 0.717) is 17.7 Å². The van der Waals surface area contributed by atoms with Crippen LogP contribution in [0.1, 0.15) is 44.8 Å². The summed E-state index contributed by atoms with van der Waals surface area (Å²) in [4.78, 5) is 41.5. The van der Waals surface area contributed by atoms with E-state index < -0.39 is 11.8 Å². The summed E-state index contributed by atoms with van der Waals surface area (Å²) >= 11 is 0. The van der Waals surface area contributed by atoms with E-state index in [1.54, 1.807) is 29.2 Å². The number of hydrogen-bond donors (Lipinski definition) is 0. The number of nitrogens with zero attached hydrogens (tertiary/aromatic N) is 2. The molecule has 0 aliphatic carbocycles. The summed E-state index contributed by atoms with van der Waals surface area (Å²) in [6.45, 7) is 2.06. The Bertz CT molecular complexity index is 1010. The highest BCUT2D eigenvalue weighted by atomic mass is 16.2. The first kappa shape index (κ1) is 19.6. The molecule has 0 saturated heterocycles. The first-order chi connectivity index (χ1) is 14.6. The van der Waals surface area contributed by atoms with E-state index in [2.05, 4.69) is 0 Å². The average Bonchev–Trinajstić information content (AvgIpc) is 3.03. The SMILES string of the molecule is CCN(C(=O)CN1C(=O)c2ccccc2C1=O)C(c1ccccc1)c1ccccc1. The van der Waals surface area contributed by atoms with E-state index >= 15 is 0 Å². The molecule has 1 heterocycles. The van der Waals surface area contributed by atoms with Crippen LogP contribution in [0.25, 0.3) is 0 Å². The molecule has 4 rings (SSSR count). The van der Waals surface area contributed by atoms with Crippen molar-refractivity contribution in [1.29, 1.82) is 0 Å². The van der Waals surface area contributed by atoms with Crippen LogP contribution in [-0.4, -0.2) is 40.6 Å². The summed E-state index contributed by atoms with van der Waals surface area (Å²) in [5, 5.41) is 0. The predicted molar refractivity (Wildman–Crippen MR) is 114 cm³/mol. The van der Waals surface area contributed by atoms with Crippen molar-refractivity contribution in [2.75, 3.05) is 13.1 Å². The second-order valence-corrected chi connectivity index (χ2v) is 7.15. The summed E-state index contributed by atoms with van der Waals surface area (Å²) in [6.07, 6.45) is 0. The molecule has 5 heteroatoms. The predicted octanol–water partition coefficient (Wildman–Crippen LogP) is 3.92. The van der Waals surface area contributed by atoms with Crippen LogP contribution in [0.3, 0.4) is 0 Å². The van der Waals surface area contributed by atoms with Crippen molar-refractivity contribution < 1.29 is 14.4 Å². The van der Waals surface area contributed by atoms with Crippen molar-refractivity contribution in [3.05, 3.63) is 107 Å². The Morgan fingerprint density at radius 3 is 1.63 bits per heavy atom. The highest BCUT2D eigenvalue weighted by molar-refractivity contribution is 6.22. The number of rotatable bonds is 6. The van der Waals surface area contributed by atoms with Gasteiger partial charge in [-0.15, -0.1) is 0 Å². The van der Waals surface area contributed by atoms with Gasteiger partial charge in [-0.05, 0) is 30.2 Å².